The van der Waals surface area contributed by atoms with Gasteiger partial charge in [-0.1, -0.05) is 23.9 Å². The summed E-state index contributed by atoms with van der Waals surface area (Å²) in [4.78, 5) is 25.8. The lowest BCUT2D eigenvalue weighted by atomic mass is 10.1. The normalized spacial score (nSPS) is 10.6. The van der Waals surface area contributed by atoms with Gasteiger partial charge in [0.15, 0.2) is 0 Å². The highest BCUT2D eigenvalue weighted by atomic mass is 32.2. The molecule has 0 spiro atoms. The molecule has 2 aromatic rings. The summed E-state index contributed by atoms with van der Waals surface area (Å²) in [6, 6.07) is 13.0. The highest BCUT2D eigenvalue weighted by molar-refractivity contribution is 7.99. The average molecular weight is 364 g/mol. The fourth-order valence-corrected chi connectivity index (χ4v) is 2.59. The summed E-state index contributed by atoms with van der Waals surface area (Å²) >= 11 is 0.439. The van der Waals surface area contributed by atoms with Crippen LogP contribution in [0.3, 0.4) is 0 Å². The quantitative estimate of drug-likeness (QED) is 0.797. The van der Waals surface area contributed by atoms with E-state index in [1.807, 2.05) is 0 Å². The first-order valence-electron chi connectivity index (χ1n) is 7.50. The van der Waals surface area contributed by atoms with Crippen LogP contribution in [0.25, 0.3) is 0 Å². The smallest absolute Gasteiger partial charge is 0.288 e. The van der Waals surface area contributed by atoms with Crippen molar-refractivity contribution < 1.29 is 18.4 Å². The number of halogens is 2. The largest absolute Gasteiger partial charge is 0.348 e. The molecule has 0 atom stereocenters. The molecule has 0 bridgehead atoms. The molecule has 2 amide bonds. The monoisotopic (exact) mass is 364 g/mol. The van der Waals surface area contributed by atoms with Crippen LogP contribution in [0.5, 0.6) is 0 Å². The van der Waals surface area contributed by atoms with Crippen LogP contribution >= 0.6 is 11.8 Å². The van der Waals surface area contributed by atoms with Crippen molar-refractivity contribution in [1.82, 2.24) is 10.2 Å². The third-order valence-electron chi connectivity index (χ3n) is 3.40. The summed E-state index contributed by atoms with van der Waals surface area (Å²) in [5.74, 6) is -2.86. The summed E-state index contributed by atoms with van der Waals surface area (Å²) in [6.07, 6.45) is 0. The molecule has 0 fully saturated rings. The molecule has 2 rings (SSSR count). The van der Waals surface area contributed by atoms with E-state index in [2.05, 4.69) is 5.32 Å². The van der Waals surface area contributed by atoms with E-state index in [-0.39, 0.29) is 11.8 Å². The predicted molar refractivity (Wildman–Crippen MR) is 93.9 cm³/mol. The lowest BCUT2D eigenvalue weighted by molar-refractivity contribution is 0.0827. The van der Waals surface area contributed by atoms with Gasteiger partial charge in [-0.25, -0.2) is 0 Å². The third-order valence-corrected chi connectivity index (χ3v) is 4.12. The van der Waals surface area contributed by atoms with Gasteiger partial charge in [0.25, 0.3) is 17.6 Å². The maximum atomic E-state index is 12.3. The van der Waals surface area contributed by atoms with Crippen molar-refractivity contribution in [3.05, 3.63) is 65.2 Å². The molecule has 0 saturated heterocycles. The number of amides is 2. The van der Waals surface area contributed by atoms with Crippen molar-refractivity contribution in [2.75, 3.05) is 14.1 Å². The molecule has 0 aromatic heterocycles. The van der Waals surface area contributed by atoms with Gasteiger partial charge in [0.05, 0.1) is 0 Å². The van der Waals surface area contributed by atoms with E-state index in [4.69, 9.17) is 0 Å². The molecule has 0 heterocycles. The number of hydrogen-bond donors (Lipinski definition) is 1. The second-order valence-corrected chi connectivity index (χ2v) is 6.55. The predicted octanol–water partition coefficient (Wildman–Crippen LogP) is 3.63. The minimum absolute atomic E-state index is 0.0858. The van der Waals surface area contributed by atoms with Gasteiger partial charge in [-0.2, -0.15) is 8.78 Å². The minimum Gasteiger partial charge on any atom is -0.348 e. The van der Waals surface area contributed by atoms with E-state index < -0.39 is 5.76 Å². The molecule has 25 heavy (non-hydrogen) atoms. The molecule has 0 aliphatic rings. The van der Waals surface area contributed by atoms with Gasteiger partial charge >= 0.3 is 0 Å². The molecular weight excluding hydrogens is 346 g/mol. The molecular formula is C18H18F2N2O2S. The van der Waals surface area contributed by atoms with E-state index in [0.717, 1.165) is 5.56 Å². The number of nitrogens with zero attached hydrogens (tertiary/aromatic N) is 1. The van der Waals surface area contributed by atoms with Crippen molar-refractivity contribution in [2.24, 2.45) is 0 Å². The van der Waals surface area contributed by atoms with Crippen molar-refractivity contribution in [3.8, 4) is 0 Å². The first-order chi connectivity index (χ1) is 11.9. The highest BCUT2D eigenvalue weighted by Crippen LogP contribution is 2.25. The van der Waals surface area contributed by atoms with Gasteiger partial charge in [-0.3, -0.25) is 9.59 Å². The molecule has 0 unspecified atom stereocenters. The number of hydrogen-bond acceptors (Lipinski definition) is 3. The molecule has 0 saturated carbocycles. The number of thioether (sulfide) groups is 1. The lowest BCUT2D eigenvalue weighted by Gasteiger charge is -2.11. The van der Waals surface area contributed by atoms with Crippen molar-refractivity contribution in [2.45, 2.75) is 17.2 Å². The van der Waals surface area contributed by atoms with Gasteiger partial charge in [0.2, 0.25) is 0 Å². The maximum Gasteiger partial charge on any atom is 0.288 e. The van der Waals surface area contributed by atoms with Crippen molar-refractivity contribution in [1.29, 1.82) is 0 Å². The van der Waals surface area contributed by atoms with Crippen molar-refractivity contribution in [3.63, 3.8) is 0 Å². The van der Waals surface area contributed by atoms with E-state index >= 15 is 0 Å². The third kappa shape index (κ3) is 5.56. The van der Waals surface area contributed by atoms with Gasteiger partial charge < -0.3 is 10.2 Å². The fraction of sp³-hybridized carbons (Fsp3) is 0.222. The van der Waals surface area contributed by atoms with E-state index in [9.17, 15) is 18.4 Å². The van der Waals surface area contributed by atoms with Crippen LogP contribution in [0, 0.1) is 0 Å². The number of nitrogens with one attached hydrogen (secondary N) is 1. The molecule has 4 nitrogen and oxygen atoms in total. The Labute approximate surface area is 149 Å². The number of benzene rings is 2. The number of rotatable bonds is 6. The summed E-state index contributed by atoms with van der Waals surface area (Å²) in [6.45, 7) is 0.308. The van der Waals surface area contributed by atoms with Crippen LogP contribution in [0.15, 0.2) is 53.4 Å². The highest BCUT2D eigenvalue weighted by Gasteiger charge is 2.10. The maximum absolute atomic E-state index is 12.3. The van der Waals surface area contributed by atoms with Gasteiger partial charge in [0.1, 0.15) is 0 Å². The topological polar surface area (TPSA) is 49.4 Å². The Hall–Kier alpha value is -2.41. The molecule has 0 aliphatic carbocycles. The van der Waals surface area contributed by atoms with Crippen molar-refractivity contribution >= 4 is 23.6 Å². The van der Waals surface area contributed by atoms with Gasteiger partial charge in [-0.05, 0) is 42.0 Å². The van der Waals surface area contributed by atoms with Crippen LogP contribution in [-0.2, 0) is 6.54 Å². The standard InChI is InChI=1S/C18H18F2N2O2S/c1-22(2)17(24)14-5-3-12(4-6-14)11-21-16(23)13-7-9-15(10-8-13)25-18(19)20/h3-10,18H,11H2,1-2H3,(H,21,23). The second kappa shape index (κ2) is 8.62. The molecule has 0 aliphatic heterocycles. The SMILES string of the molecule is CN(C)C(=O)c1ccc(CNC(=O)c2ccc(SC(F)F)cc2)cc1. The number of carbonyl (C=O) groups is 2. The summed E-state index contributed by atoms with van der Waals surface area (Å²) in [7, 11) is 3.36. The van der Waals surface area contributed by atoms with E-state index in [1.54, 1.807) is 38.4 Å². The Morgan fingerprint density at radius 1 is 1.00 bits per heavy atom. The minimum atomic E-state index is -2.48. The Morgan fingerprint density at radius 2 is 1.56 bits per heavy atom. The zero-order chi connectivity index (χ0) is 18.4. The average Bonchev–Trinajstić information content (AvgIpc) is 2.59. The molecule has 132 valence electrons. The van der Waals surface area contributed by atoms with Gasteiger partial charge in [-0.15, -0.1) is 0 Å². The summed E-state index contributed by atoms with van der Waals surface area (Å²) in [5.41, 5.74) is 1.83. The van der Waals surface area contributed by atoms with E-state index in [0.29, 0.717) is 34.3 Å². The van der Waals surface area contributed by atoms with Crippen LogP contribution < -0.4 is 5.32 Å². The van der Waals surface area contributed by atoms with Crippen LogP contribution in [0.1, 0.15) is 26.3 Å². The number of alkyl halides is 2. The Bertz CT molecular complexity index is 732. The van der Waals surface area contributed by atoms with E-state index in [1.165, 1.54) is 29.2 Å². The fourth-order valence-electron chi connectivity index (χ4n) is 2.10. The molecule has 2 aromatic carbocycles. The second-order valence-electron chi connectivity index (χ2n) is 5.48. The Morgan fingerprint density at radius 3 is 2.08 bits per heavy atom. The van der Waals surface area contributed by atoms with Crippen LogP contribution in [0.4, 0.5) is 8.78 Å². The van der Waals surface area contributed by atoms with Crippen LogP contribution in [0.2, 0.25) is 0 Å². The summed E-state index contributed by atoms with van der Waals surface area (Å²) in [5, 5.41) is 2.76. The van der Waals surface area contributed by atoms with Crippen LogP contribution in [-0.4, -0.2) is 36.6 Å². The first kappa shape index (κ1) is 18.9. The molecule has 0 radical (unpaired) electrons. The number of carbonyl (C=O) groups excluding carboxylic acids is 2. The molecule has 1 N–H and O–H groups in total. The van der Waals surface area contributed by atoms with Gasteiger partial charge in [0, 0.05) is 36.7 Å². The first-order valence-corrected chi connectivity index (χ1v) is 8.38. The summed E-state index contributed by atoms with van der Waals surface area (Å²) < 4.78 is 24.5. The lowest BCUT2D eigenvalue weighted by Crippen LogP contribution is -2.23. The Balaban J connectivity index is 1.92. The zero-order valence-corrected chi connectivity index (χ0v) is 14.6. The zero-order valence-electron chi connectivity index (χ0n) is 13.8. The Kier molecular flexibility index (Phi) is 6.52. The molecule has 7 heteroatoms.